The molecular formula is C18H17ClFNO6. The van der Waals surface area contributed by atoms with Gasteiger partial charge in [0.05, 0.1) is 26.4 Å². The van der Waals surface area contributed by atoms with Gasteiger partial charge in [-0.25, -0.2) is 9.18 Å². The molecule has 9 heteroatoms. The van der Waals surface area contributed by atoms with Crippen LogP contribution in [0.25, 0.3) is 0 Å². The minimum absolute atomic E-state index is 0.0628. The van der Waals surface area contributed by atoms with Crippen LogP contribution in [0.4, 0.5) is 10.1 Å². The van der Waals surface area contributed by atoms with Crippen molar-refractivity contribution in [1.29, 1.82) is 0 Å². The molecule has 27 heavy (non-hydrogen) atoms. The quantitative estimate of drug-likeness (QED) is 0.722. The van der Waals surface area contributed by atoms with Gasteiger partial charge in [0.25, 0.3) is 5.91 Å². The van der Waals surface area contributed by atoms with E-state index in [1.54, 1.807) is 0 Å². The van der Waals surface area contributed by atoms with Crippen LogP contribution in [0.5, 0.6) is 17.2 Å². The molecular weight excluding hydrogens is 381 g/mol. The van der Waals surface area contributed by atoms with Gasteiger partial charge in [0.2, 0.25) is 0 Å². The minimum Gasteiger partial charge on any atom is -0.496 e. The summed E-state index contributed by atoms with van der Waals surface area (Å²) < 4.78 is 33.5. The molecule has 0 fully saturated rings. The maximum atomic E-state index is 13.1. The van der Waals surface area contributed by atoms with Gasteiger partial charge in [-0.1, -0.05) is 11.6 Å². The molecule has 0 radical (unpaired) electrons. The molecule has 0 unspecified atom stereocenters. The zero-order valence-electron chi connectivity index (χ0n) is 14.8. The Balaban J connectivity index is 2.06. The van der Waals surface area contributed by atoms with E-state index in [-0.39, 0.29) is 22.0 Å². The molecule has 2 aromatic rings. The van der Waals surface area contributed by atoms with Crippen LogP contribution in [0.2, 0.25) is 5.02 Å². The molecule has 0 bridgehead atoms. The number of hydrogen-bond acceptors (Lipinski definition) is 6. The number of benzene rings is 2. The lowest BCUT2D eigenvalue weighted by atomic mass is 10.1. The molecule has 7 nitrogen and oxygen atoms in total. The van der Waals surface area contributed by atoms with Crippen LogP contribution < -0.4 is 19.5 Å². The second-order valence-corrected chi connectivity index (χ2v) is 5.57. The first kappa shape index (κ1) is 20.3. The third-order valence-electron chi connectivity index (χ3n) is 3.46. The van der Waals surface area contributed by atoms with E-state index >= 15 is 0 Å². The molecule has 2 rings (SSSR count). The van der Waals surface area contributed by atoms with Gasteiger partial charge in [0.15, 0.2) is 18.1 Å². The van der Waals surface area contributed by atoms with E-state index in [1.165, 1.54) is 45.6 Å². The third kappa shape index (κ3) is 5.01. The lowest BCUT2D eigenvalue weighted by Gasteiger charge is -2.13. The number of carbonyl (C=O) groups is 2. The zero-order valence-corrected chi connectivity index (χ0v) is 15.6. The number of rotatable bonds is 7. The molecule has 0 saturated heterocycles. The number of methoxy groups -OCH3 is 3. The smallest absolute Gasteiger partial charge is 0.342 e. The van der Waals surface area contributed by atoms with E-state index in [0.717, 1.165) is 6.07 Å². The predicted molar refractivity (Wildman–Crippen MR) is 96.4 cm³/mol. The van der Waals surface area contributed by atoms with Gasteiger partial charge in [-0.3, -0.25) is 4.79 Å². The number of nitrogens with one attached hydrogen (secondary N) is 1. The summed E-state index contributed by atoms with van der Waals surface area (Å²) in [5, 5.41) is 2.30. The van der Waals surface area contributed by atoms with Crippen LogP contribution in [0.3, 0.4) is 0 Å². The number of amides is 1. The highest BCUT2D eigenvalue weighted by molar-refractivity contribution is 6.31. The minimum atomic E-state index is -0.792. The molecule has 0 saturated carbocycles. The van der Waals surface area contributed by atoms with Gasteiger partial charge in [0, 0.05) is 17.8 Å². The van der Waals surface area contributed by atoms with Crippen LogP contribution in [-0.4, -0.2) is 39.8 Å². The van der Waals surface area contributed by atoms with Crippen LogP contribution in [-0.2, 0) is 9.53 Å². The number of halogens is 2. The maximum absolute atomic E-state index is 13.1. The van der Waals surface area contributed by atoms with E-state index in [9.17, 15) is 14.0 Å². The molecule has 0 atom stereocenters. The van der Waals surface area contributed by atoms with Gasteiger partial charge in [-0.15, -0.1) is 0 Å². The van der Waals surface area contributed by atoms with Crippen molar-refractivity contribution in [3.63, 3.8) is 0 Å². The number of esters is 1. The van der Waals surface area contributed by atoms with Crippen molar-refractivity contribution in [3.05, 3.63) is 46.7 Å². The topological polar surface area (TPSA) is 83.1 Å². The first-order chi connectivity index (χ1) is 12.9. The lowest BCUT2D eigenvalue weighted by molar-refractivity contribution is -0.119. The Kier molecular flexibility index (Phi) is 6.84. The fourth-order valence-corrected chi connectivity index (χ4v) is 2.35. The molecule has 0 spiro atoms. The van der Waals surface area contributed by atoms with Crippen molar-refractivity contribution in [1.82, 2.24) is 0 Å². The molecule has 0 aliphatic carbocycles. The van der Waals surface area contributed by atoms with E-state index in [2.05, 4.69) is 5.32 Å². The van der Waals surface area contributed by atoms with Crippen LogP contribution in [0, 0.1) is 5.82 Å². The van der Waals surface area contributed by atoms with Crippen molar-refractivity contribution in [2.75, 3.05) is 33.3 Å². The summed E-state index contributed by atoms with van der Waals surface area (Å²) in [6.45, 7) is -0.564. The Morgan fingerprint density at radius 2 is 1.63 bits per heavy atom. The van der Waals surface area contributed by atoms with Gasteiger partial charge in [-0.05, 0) is 18.2 Å². The first-order valence-corrected chi connectivity index (χ1v) is 7.99. The van der Waals surface area contributed by atoms with Crippen molar-refractivity contribution in [2.45, 2.75) is 0 Å². The van der Waals surface area contributed by atoms with Gasteiger partial charge in [-0.2, -0.15) is 0 Å². The summed E-state index contributed by atoms with van der Waals surface area (Å²) in [5.74, 6) is -1.15. The largest absolute Gasteiger partial charge is 0.496 e. The Hall–Kier alpha value is -3.00. The average molecular weight is 398 g/mol. The molecule has 0 heterocycles. The SMILES string of the molecule is COc1cc(OC)c(C(=O)OCC(=O)Nc2ccc(F)c(Cl)c2)cc1OC. The predicted octanol–water partition coefficient (Wildman–Crippen LogP) is 3.30. The van der Waals surface area contributed by atoms with E-state index in [1.807, 2.05) is 0 Å². The number of ether oxygens (including phenoxy) is 4. The summed E-state index contributed by atoms with van der Waals surface area (Å²) in [7, 11) is 4.24. The Bertz CT molecular complexity index is 858. The molecule has 1 amide bonds. The highest BCUT2D eigenvalue weighted by atomic mass is 35.5. The summed E-state index contributed by atoms with van der Waals surface area (Å²) in [6.07, 6.45) is 0. The van der Waals surface area contributed by atoms with Crippen molar-refractivity contribution in [3.8, 4) is 17.2 Å². The van der Waals surface area contributed by atoms with E-state index in [4.69, 9.17) is 30.5 Å². The zero-order chi connectivity index (χ0) is 20.0. The standard InChI is InChI=1S/C18H17ClFNO6/c1-24-14-8-16(26-3)15(25-2)7-11(14)18(23)27-9-17(22)21-10-4-5-13(20)12(19)6-10/h4-8H,9H2,1-3H3,(H,21,22). The first-order valence-electron chi connectivity index (χ1n) is 7.61. The monoisotopic (exact) mass is 397 g/mol. The van der Waals surface area contributed by atoms with Crippen molar-refractivity contribution < 1.29 is 32.9 Å². The number of hydrogen-bond donors (Lipinski definition) is 1. The number of anilines is 1. The second-order valence-electron chi connectivity index (χ2n) is 5.16. The Morgan fingerprint density at radius 3 is 2.22 bits per heavy atom. The summed E-state index contributed by atoms with van der Waals surface area (Å²) in [6, 6.07) is 6.54. The fourth-order valence-electron chi connectivity index (χ4n) is 2.17. The molecule has 2 aromatic carbocycles. The molecule has 144 valence electrons. The summed E-state index contributed by atoms with van der Waals surface area (Å²) in [4.78, 5) is 24.2. The highest BCUT2D eigenvalue weighted by Crippen LogP contribution is 2.34. The Morgan fingerprint density at radius 1 is 1.00 bits per heavy atom. The maximum Gasteiger partial charge on any atom is 0.342 e. The normalized spacial score (nSPS) is 10.1. The van der Waals surface area contributed by atoms with E-state index < -0.39 is 24.3 Å². The van der Waals surface area contributed by atoms with Crippen molar-refractivity contribution >= 4 is 29.2 Å². The third-order valence-corrected chi connectivity index (χ3v) is 3.75. The molecule has 0 aromatic heterocycles. The van der Waals surface area contributed by atoms with Crippen molar-refractivity contribution in [2.24, 2.45) is 0 Å². The summed E-state index contributed by atoms with van der Waals surface area (Å²) >= 11 is 5.64. The van der Waals surface area contributed by atoms with Gasteiger partial charge < -0.3 is 24.3 Å². The van der Waals surface area contributed by atoms with Crippen LogP contribution >= 0.6 is 11.6 Å². The molecule has 1 N–H and O–H groups in total. The number of carbonyl (C=O) groups excluding carboxylic acids is 2. The molecule has 0 aliphatic rings. The molecule has 0 aliphatic heterocycles. The lowest BCUT2D eigenvalue weighted by Crippen LogP contribution is -2.21. The Labute approximate surface area is 159 Å². The van der Waals surface area contributed by atoms with Crippen LogP contribution in [0.15, 0.2) is 30.3 Å². The van der Waals surface area contributed by atoms with E-state index in [0.29, 0.717) is 11.5 Å². The fraction of sp³-hybridized carbons (Fsp3) is 0.222. The highest BCUT2D eigenvalue weighted by Gasteiger charge is 2.20. The van der Waals surface area contributed by atoms with Crippen LogP contribution in [0.1, 0.15) is 10.4 Å². The van der Waals surface area contributed by atoms with Gasteiger partial charge >= 0.3 is 5.97 Å². The van der Waals surface area contributed by atoms with Gasteiger partial charge in [0.1, 0.15) is 17.1 Å². The summed E-state index contributed by atoms with van der Waals surface area (Å²) in [5.41, 5.74) is 0.332. The second kappa shape index (κ2) is 9.09. The average Bonchev–Trinajstić information content (AvgIpc) is 2.67.